The van der Waals surface area contributed by atoms with Crippen molar-refractivity contribution in [1.29, 1.82) is 0 Å². The molecule has 0 unspecified atom stereocenters. The Hall–Kier alpha value is -1.38. The fourth-order valence-corrected chi connectivity index (χ4v) is 2.94. The zero-order valence-corrected chi connectivity index (χ0v) is 16.2. The van der Waals surface area contributed by atoms with Gasteiger partial charge < -0.3 is 9.73 Å². The van der Waals surface area contributed by atoms with E-state index in [1.165, 1.54) is 6.08 Å². The molecule has 0 aliphatic carbocycles. The van der Waals surface area contributed by atoms with Gasteiger partial charge in [0, 0.05) is 10.5 Å². The van der Waals surface area contributed by atoms with Crippen LogP contribution in [0.15, 0.2) is 54.1 Å². The molecule has 3 rings (SSSR count). The number of halogens is 3. The molecule has 8 heteroatoms. The maximum atomic E-state index is 12.4. The summed E-state index contributed by atoms with van der Waals surface area (Å²) in [5.41, 5.74) is 1.04. The molecule has 1 aliphatic rings. The smallest absolute Gasteiger partial charge is 0.329 e. The van der Waals surface area contributed by atoms with Crippen molar-refractivity contribution in [2.45, 2.75) is 6.54 Å². The summed E-state index contributed by atoms with van der Waals surface area (Å²) in [6.07, 6.45) is 1.50. The minimum Gasteiger partial charge on any atom is -0.449 e. The topological polar surface area (TPSA) is 62.6 Å². The summed E-state index contributed by atoms with van der Waals surface area (Å²) in [6.45, 7) is 0.209. The van der Waals surface area contributed by atoms with Gasteiger partial charge in [0.25, 0.3) is 5.91 Å². The maximum absolute atomic E-state index is 12.4. The summed E-state index contributed by atoms with van der Waals surface area (Å²) >= 11 is 9.87. The van der Waals surface area contributed by atoms with Crippen LogP contribution in [0.2, 0.25) is 0 Å². The largest absolute Gasteiger partial charge is 0.449 e. The van der Waals surface area contributed by atoms with Gasteiger partial charge in [0.05, 0.1) is 11.0 Å². The summed E-state index contributed by atoms with van der Waals surface area (Å²) in [6, 6.07) is 8.69. The Labute approximate surface area is 157 Å². The van der Waals surface area contributed by atoms with Gasteiger partial charge >= 0.3 is 6.03 Å². The van der Waals surface area contributed by atoms with Gasteiger partial charge in [-0.05, 0) is 55.6 Å². The van der Waals surface area contributed by atoms with E-state index in [4.69, 9.17) is 4.42 Å². The summed E-state index contributed by atoms with van der Waals surface area (Å²) in [4.78, 5) is 25.6. The highest BCUT2D eigenvalue weighted by Crippen LogP contribution is 2.28. The Kier molecular flexibility index (Phi) is 4.74. The predicted octanol–water partition coefficient (Wildman–Crippen LogP) is 4.66. The molecule has 1 saturated heterocycles. The van der Waals surface area contributed by atoms with Crippen molar-refractivity contribution >= 4 is 65.8 Å². The number of nitrogens with zero attached hydrogens (tertiary/aromatic N) is 1. The number of carbonyl (C=O) groups excluding carboxylic acids is 2. The first-order chi connectivity index (χ1) is 10.9. The van der Waals surface area contributed by atoms with Crippen LogP contribution in [-0.4, -0.2) is 16.8 Å². The molecule has 1 N–H and O–H groups in total. The maximum Gasteiger partial charge on any atom is 0.329 e. The fraction of sp³-hybridized carbons (Fsp3) is 0.0667. The second-order valence-corrected chi connectivity index (χ2v) is 7.27. The summed E-state index contributed by atoms with van der Waals surface area (Å²) in [5, 5.41) is 2.56. The van der Waals surface area contributed by atoms with Crippen LogP contribution in [0.4, 0.5) is 4.79 Å². The Morgan fingerprint density at radius 1 is 1.13 bits per heavy atom. The molecule has 0 bridgehead atoms. The van der Waals surface area contributed by atoms with Crippen LogP contribution in [-0.2, 0) is 11.3 Å². The monoisotopic (exact) mass is 502 g/mol. The molecule has 2 heterocycles. The average Bonchev–Trinajstić information content (AvgIpc) is 2.95. The molecule has 23 heavy (non-hydrogen) atoms. The van der Waals surface area contributed by atoms with Gasteiger partial charge in [-0.25, -0.2) is 4.79 Å². The molecule has 0 saturated carbocycles. The van der Waals surface area contributed by atoms with Gasteiger partial charge in [0.2, 0.25) is 0 Å². The molecule has 5 nitrogen and oxygen atoms in total. The number of amides is 3. The Balaban J connectivity index is 1.80. The molecule has 1 aromatic carbocycles. The van der Waals surface area contributed by atoms with Crippen LogP contribution in [0.3, 0.4) is 0 Å². The number of rotatable bonds is 3. The van der Waals surface area contributed by atoms with Crippen LogP contribution in [0.5, 0.6) is 0 Å². The van der Waals surface area contributed by atoms with Crippen molar-refractivity contribution in [3.8, 4) is 0 Å². The van der Waals surface area contributed by atoms with Crippen LogP contribution in [0.25, 0.3) is 6.08 Å². The lowest BCUT2D eigenvalue weighted by Gasteiger charge is -2.11. The van der Waals surface area contributed by atoms with Gasteiger partial charge in [0.15, 0.2) is 4.67 Å². The third kappa shape index (κ3) is 3.59. The highest BCUT2D eigenvalue weighted by atomic mass is 79.9. The first-order valence-corrected chi connectivity index (χ1v) is 8.86. The molecule has 2 aromatic rings. The number of hydrogen-bond donors (Lipinski definition) is 1. The molecule has 0 atom stereocenters. The van der Waals surface area contributed by atoms with E-state index in [1.807, 2.05) is 24.3 Å². The molecular weight excluding hydrogens is 496 g/mol. The van der Waals surface area contributed by atoms with E-state index in [2.05, 4.69) is 53.1 Å². The number of nitrogens with one attached hydrogen (secondary N) is 1. The highest BCUT2D eigenvalue weighted by Gasteiger charge is 2.33. The Morgan fingerprint density at radius 3 is 2.43 bits per heavy atom. The zero-order chi connectivity index (χ0) is 16.6. The highest BCUT2D eigenvalue weighted by molar-refractivity contribution is 9.13. The van der Waals surface area contributed by atoms with Crippen molar-refractivity contribution in [2.24, 2.45) is 0 Å². The molecule has 1 aromatic heterocycles. The third-order valence-electron chi connectivity index (χ3n) is 3.17. The van der Waals surface area contributed by atoms with Crippen molar-refractivity contribution in [1.82, 2.24) is 10.2 Å². The van der Waals surface area contributed by atoms with Crippen molar-refractivity contribution in [2.75, 3.05) is 0 Å². The van der Waals surface area contributed by atoms with Crippen molar-refractivity contribution in [3.63, 3.8) is 0 Å². The minimum atomic E-state index is -0.450. The quantitative estimate of drug-likeness (QED) is 0.488. The van der Waals surface area contributed by atoms with Crippen LogP contribution >= 0.6 is 47.8 Å². The van der Waals surface area contributed by atoms with Crippen LogP contribution in [0, 0.1) is 0 Å². The van der Waals surface area contributed by atoms with E-state index < -0.39 is 6.03 Å². The van der Waals surface area contributed by atoms with E-state index in [1.54, 1.807) is 6.07 Å². The SMILES string of the molecule is O=C1N/C(=C/c2cc(Br)c(Br)o2)C(=O)N1Cc1ccc(Br)cc1. The molecule has 1 fully saturated rings. The van der Waals surface area contributed by atoms with E-state index in [0.717, 1.165) is 19.4 Å². The van der Waals surface area contributed by atoms with E-state index >= 15 is 0 Å². The number of carbonyl (C=O) groups is 2. The lowest BCUT2D eigenvalue weighted by atomic mass is 10.2. The lowest BCUT2D eigenvalue weighted by Crippen LogP contribution is -2.30. The second kappa shape index (κ2) is 6.62. The van der Waals surface area contributed by atoms with Crippen molar-refractivity contribution in [3.05, 3.63) is 61.0 Å². The molecule has 3 amide bonds. The number of benzene rings is 1. The van der Waals surface area contributed by atoms with Gasteiger partial charge in [0.1, 0.15) is 11.5 Å². The predicted molar refractivity (Wildman–Crippen MR) is 95.3 cm³/mol. The average molecular weight is 505 g/mol. The van der Waals surface area contributed by atoms with E-state index in [0.29, 0.717) is 10.4 Å². The Morgan fingerprint density at radius 2 is 1.83 bits per heavy atom. The molecule has 0 radical (unpaired) electrons. The minimum absolute atomic E-state index is 0.181. The van der Waals surface area contributed by atoms with Gasteiger partial charge in [-0.15, -0.1) is 0 Å². The number of urea groups is 1. The van der Waals surface area contributed by atoms with Gasteiger partial charge in [-0.1, -0.05) is 28.1 Å². The fourth-order valence-electron chi connectivity index (χ4n) is 2.06. The first-order valence-electron chi connectivity index (χ1n) is 6.48. The van der Waals surface area contributed by atoms with Crippen molar-refractivity contribution < 1.29 is 14.0 Å². The molecular formula is C15H9Br3N2O3. The first kappa shape index (κ1) is 16.5. The number of furan rings is 1. The molecule has 1 aliphatic heterocycles. The van der Waals surface area contributed by atoms with Crippen LogP contribution < -0.4 is 5.32 Å². The van der Waals surface area contributed by atoms with Gasteiger partial charge in [-0.3, -0.25) is 9.69 Å². The van der Waals surface area contributed by atoms with E-state index in [-0.39, 0.29) is 18.1 Å². The summed E-state index contributed by atoms with van der Waals surface area (Å²) in [7, 11) is 0. The number of hydrogen-bond acceptors (Lipinski definition) is 3. The molecule has 118 valence electrons. The summed E-state index contributed by atoms with van der Waals surface area (Å²) < 4.78 is 7.58. The number of imide groups is 1. The summed E-state index contributed by atoms with van der Waals surface area (Å²) in [5.74, 6) is 0.0689. The Bertz CT molecular complexity index is 792. The van der Waals surface area contributed by atoms with Crippen LogP contribution in [0.1, 0.15) is 11.3 Å². The molecule has 0 spiro atoms. The second-order valence-electron chi connectivity index (χ2n) is 4.78. The normalized spacial score (nSPS) is 16.3. The van der Waals surface area contributed by atoms with E-state index in [9.17, 15) is 9.59 Å². The van der Waals surface area contributed by atoms with Gasteiger partial charge in [-0.2, -0.15) is 0 Å². The lowest BCUT2D eigenvalue weighted by molar-refractivity contribution is -0.123. The third-order valence-corrected chi connectivity index (χ3v) is 5.41. The standard InChI is InChI=1S/C15H9Br3N2O3/c16-9-3-1-8(2-4-9)7-20-14(21)12(19-15(20)22)6-10-5-11(17)13(18)23-10/h1-6H,7H2,(H,19,22)/b12-6+. The zero-order valence-electron chi connectivity index (χ0n) is 11.5.